The molecule has 0 aliphatic carbocycles. The molecular formula is C14H17N3O2S. The standard InChI is InChI=1S/C14H17N3O2S/c1-20(18,19)17-14-9-5-4-8-13(14)16-10-11-6-2-3-7-12(11)15/h2-9,16-17H,10,15H2,1H3. The first-order valence-electron chi connectivity index (χ1n) is 6.10. The number of hydrogen-bond acceptors (Lipinski definition) is 4. The van der Waals surface area contributed by atoms with Crippen molar-refractivity contribution in [3.05, 3.63) is 54.1 Å². The third-order valence-corrected chi connectivity index (χ3v) is 3.34. The number of rotatable bonds is 5. The fourth-order valence-electron chi connectivity index (χ4n) is 1.81. The number of nitrogen functional groups attached to an aromatic ring is 1. The van der Waals surface area contributed by atoms with E-state index in [4.69, 9.17) is 5.73 Å². The second-order valence-electron chi connectivity index (χ2n) is 4.47. The van der Waals surface area contributed by atoms with E-state index in [0.29, 0.717) is 23.6 Å². The van der Waals surface area contributed by atoms with Gasteiger partial charge in [-0.1, -0.05) is 30.3 Å². The summed E-state index contributed by atoms with van der Waals surface area (Å²) in [7, 11) is -3.31. The minimum Gasteiger partial charge on any atom is -0.398 e. The summed E-state index contributed by atoms with van der Waals surface area (Å²) in [6.45, 7) is 0.523. The average molecular weight is 291 g/mol. The van der Waals surface area contributed by atoms with E-state index in [2.05, 4.69) is 10.0 Å². The van der Waals surface area contributed by atoms with Gasteiger partial charge in [0.15, 0.2) is 0 Å². The lowest BCUT2D eigenvalue weighted by Gasteiger charge is -2.13. The molecule has 6 heteroatoms. The zero-order valence-electron chi connectivity index (χ0n) is 11.1. The van der Waals surface area contributed by atoms with Gasteiger partial charge < -0.3 is 11.1 Å². The number of benzene rings is 2. The SMILES string of the molecule is CS(=O)(=O)Nc1ccccc1NCc1ccccc1N. The Morgan fingerprint density at radius 2 is 1.60 bits per heavy atom. The Hall–Kier alpha value is -2.21. The Morgan fingerprint density at radius 1 is 1.00 bits per heavy atom. The Kier molecular flexibility index (Phi) is 4.14. The van der Waals surface area contributed by atoms with Crippen LogP contribution in [0.1, 0.15) is 5.56 Å². The lowest BCUT2D eigenvalue weighted by atomic mass is 10.2. The first-order valence-corrected chi connectivity index (χ1v) is 7.99. The van der Waals surface area contributed by atoms with Crippen molar-refractivity contribution in [2.45, 2.75) is 6.54 Å². The molecule has 0 amide bonds. The molecule has 4 N–H and O–H groups in total. The van der Waals surface area contributed by atoms with Gasteiger partial charge in [0, 0.05) is 12.2 Å². The van der Waals surface area contributed by atoms with Crippen LogP contribution in [0.4, 0.5) is 17.1 Å². The van der Waals surface area contributed by atoms with E-state index in [0.717, 1.165) is 11.8 Å². The molecule has 0 atom stereocenters. The van der Waals surface area contributed by atoms with E-state index in [1.165, 1.54) is 0 Å². The van der Waals surface area contributed by atoms with Gasteiger partial charge in [0.05, 0.1) is 17.6 Å². The maximum Gasteiger partial charge on any atom is 0.229 e. The van der Waals surface area contributed by atoms with Crippen LogP contribution in [0.2, 0.25) is 0 Å². The van der Waals surface area contributed by atoms with E-state index >= 15 is 0 Å². The van der Waals surface area contributed by atoms with Crippen molar-refractivity contribution >= 4 is 27.1 Å². The van der Waals surface area contributed by atoms with Gasteiger partial charge in [-0.2, -0.15) is 0 Å². The molecule has 2 aromatic carbocycles. The van der Waals surface area contributed by atoms with Crippen molar-refractivity contribution < 1.29 is 8.42 Å². The van der Waals surface area contributed by atoms with Crippen molar-refractivity contribution in [2.75, 3.05) is 22.0 Å². The van der Waals surface area contributed by atoms with E-state index in [1.54, 1.807) is 12.1 Å². The number of nitrogens with one attached hydrogen (secondary N) is 2. The molecular weight excluding hydrogens is 274 g/mol. The number of nitrogens with two attached hydrogens (primary N) is 1. The largest absolute Gasteiger partial charge is 0.398 e. The molecule has 0 saturated carbocycles. The normalized spacial score (nSPS) is 11.1. The number of para-hydroxylation sites is 3. The maximum absolute atomic E-state index is 11.3. The molecule has 2 aromatic rings. The Balaban J connectivity index is 2.16. The molecule has 0 unspecified atom stereocenters. The third kappa shape index (κ3) is 3.89. The van der Waals surface area contributed by atoms with Crippen LogP contribution >= 0.6 is 0 Å². The molecule has 0 fully saturated rings. The number of sulfonamides is 1. The average Bonchev–Trinajstić information content (AvgIpc) is 2.37. The monoisotopic (exact) mass is 291 g/mol. The molecule has 106 valence electrons. The lowest BCUT2D eigenvalue weighted by molar-refractivity contribution is 0.607. The van der Waals surface area contributed by atoms with Crippen LogP contribution in [-0.2, 0) is 16.6 Å². The maximum atomic E-state index is 11.3. The zero-order chi connectivity index (χ0) is 14.6. The molecule has 0 aliphatic heterocycles. The molecule has 0 bridgehead atoms. The van der Waals surface area contributed by atoms with Gasteiger partial charge in [-0.05, 0) is 23.8 Å². The molecule has 0 aliphatic rings. The van der Waals surface area contributed by atoms with Crippen LogP contribution < -0.4 is 15.8 Å². The summed E-state index contributed by atoms with van der Waals surface area (Å²) in [6, 6.07) is 14.7. The van der Waals surface area contributed by atoms with Crippen molar-refractivity contribution in [1.82, 2.24) is 0 Å². The van der Waals surface area contributed by atoms with E-state index < -0.39 is 10.0 Å². The predicted octanol–water partition coefficient (Wildman–Crippen LogP) is 2.25. The fourth-order valence-corrected chi connectivity index (χ4v) is 2.39. The summed E-state index contributed by atoms with van der Waals surface area (Å²) >= 11 is 0. The highest BCUT2D eigenvalue weighted by Gasteiger charge is 2.07. The van der Waals surface area contributed by atoms with Crippen LogP contribution in [0.25, 0.3) is 0 Å². The highest BCUT2D eigenvalue weighted by Crippen LogP contribution is 2.23. The van der Waals surface area contributed by atoms with E-state index in [1.807, 2.05) is 36.4 Å². The Labute approximate surface area is 118 Å². The van der Waals surface area contributed by atoms with Crippen molar-refractivity contribution in [3.8, 4) is 0 Å². The lowest BCUT2D eigenvalue weighted by Crippen LogP contribution is -2.12. The van der Waals surface area contributed by atoms with Crippen LogP contribution in [-0.4, -0.2) is 14.7 Å². The van der Waals surface area contributed by atoms with Gasteiger partial charge in [-0.3, -0.25) is 4.72 Å². The Bertz CT molecular complexity index is 699. The van der Waals surface area contributed by atoms with Crippen molar-refractivity contribution in [2.24, 2.45) is 0 Å². The molecule has 0 spiro atoms. The minimum absolute atomic E-state index is 0.518. The topological polar surface area (TPSA) is 84.2 Å². The Morgan fingerprint density at radius 3 is 2.25 bits per heavy atom. The highest BCUT2D eigenvalue weighted by molar-refractivity contribution is 7.92. The third-order valence-electron chi connectivity index (χ3n) is 2.75. The van der Waals surface area contributed by atoms with Crippen LogP contribution in [0.15, 0.2) is 48.5 Å². The second kappa shape index (κ2) is 5.83. The molecule has 0 aromatic heterocycles. The fraction of sp³-hybridized carbons (Fsp3) is 0.143. The van der Waals surface area contributed by atoms with Gasteiger partial charge in [0.1, 0.15) is 0 Å². The second-order valence-corrected chi connectivity index (χ2v) is 6.22. The zero-order valence-corrected chi connectivity index (χ0v) is 11.9. The molecule has 20 heavy (non-hydrogen) atoms. The summed E-state index contributed by atoms with van der Waals surface area (Å²) in [6.07, 6.45) is 1.12. The van der Waals surface area contributed by atoms with Crippen LogP contribution in [0, 0.1) is 0 Å². The van der Waals surface area contributed by atoms with Crippen LogP contribution in [0.5, 0.6) is 0 Å². The first kappa shape index (κ1) is 14.2. The molecule has 0 heterocycles. The number of hydrogen-bond donors (Lipinski definition) is 3. The van der Waals surface area contributed by atoms with E-state index in [-0.39, 0.29) is 0 Å². The highest BCUT2D eigenvalue weighted by atomic mass is 32.2. The van der Waals surface area contributed by atoms with E-state index in [9.17, 15) is 8.42 Å². The molecule has 0 saturated heterocycles. The molecule has 5 nitrogen and oxygen atoms in total. The van der Waals surface area contributed by atoms with Gasteiger partial charge >= 0.3 is 0 Å². The summed E-state index contributed by atoms with van der Waals surface area (Å²) in [5.41, 5.74) is 8.76. The molecule has 2 rings (SSSR count). The smallest absolute Gasteiger partial charge is 0.229 e. The van der Waals surface area contributed by atoms with Gasteiger partial charge in [-0.15, -0.1) is 0 Å². The minimum atomic E-state index is -3.31. The van der Waals surface area contributed by atoms with Gasteiger partial charge in [0.25, 0.3) is 0 Å². The quantitative estimate of drug-likeness (QED) is 0.738. The summed E-state index contributed by atoms with van der Waals surface area (Å²) < 4.78 is 25.1. The molecule has 0 radical (unpaired) electrons. The predicted molar refractivity (Wildman–Crippen MR) is 83.1 cm³/mol. The van der Waals surface area contributed by atoms with Crippen molar-refractivity contribution in [1.29, 1.82) is 0 Å². The number of anilines is 3. The van der Waals surface area contributed by atoms with Crippen LogP contribution in [0.3, 0.4) is 0 Å². The summed E-state index contributed by atoms with van der Waals surface area (Å²) in [4.78, 5) is 0. The van der Waals surface area contributed by atoms with Crippen molar-refractivity contribution in [3.63, 3.8) is 0 Å². The summed E-state index contributed by atoms with van der Waals surface area (Å²) in [5.74, 6) is 0. The first-order chi connectivity index (χ1) is 9.46. The van der Waals surface area contributed by atoms with Gasteiger partial charge in [0.2, 0.25) is 10.0 Å². The van der Waals surface area contributed by atoms with Gasteiger partial charge in [-0.25, -0.2) is 8.42 Å². The summed E-state index contributed by atoms with van der Waals surface area (Å²) in [5, 5.41) is 3.19.